The second-order valence-electron chi connectivity index (χ2n) is 10.2. The van der Waals surface area contributed by atoms with E-state index in [0.717, 1.165) is 26.9 Å². The van der Waals surface area contributed by atoms with Crippen molar-refractivity contribution >= 4 is 31.8 Å². The zero-order valence-electron chi connectivity index (χ0n) is 22.2. The van der Waals surface area contributed by atoms with Crippen molar-refractivity contribution < 1.29 is 30.4 Å². The fourth-order valence-electron chi connectivity index (χ4n) is 5.52. The second-order valence-corrected chi connectivity index (χ2v) is 14.4. The highest BCUT2D eigenvalue weighted by atomic mass is 32.2. The second kappa shape index (κ2) is 9.96. The van der Waals surface area contributed by atoms with Gasteiger partial charge in [-0.2, -0.15) is 4.31 Å². The van der Waals surface area contributed by atoms with Crippen LogP contribution in [0.15, 0.2) is 76.7 Å². The van der Waals surface area contributed by atoms with Crippen LogP contribution in [0, 0.1) is 11.6 Å². The highest BCUT2D eigenvalue weighted by Crippen LogP contribution is 2.52. The summed E-state index contributed by atoms with van der Waals surface area (Å²) < 4.78 is 83.9. The maximum absolute atomic E-state index is 15.6. The Morgan fingerprint density at radius 2 is 1.80 bits per heavy atom. The van der Waals surface area contributed by atoms with Gasteiger partial charge < -0.3 is 5.73 Å². The van der Waals surface area contributed by atoms with Crippen LogP contribution < -0.4 is 5.73 Å². The van der Waals surface area contributed by atoms with E-state index in [1.807, 2.05) is 0 Å². The molecule has 2 atom stereocenters. The van der Waals surface area contributed by atoms with E-state index in [1.165, 1.54) is 44.3 Å². The maximum atomic E-state index is 15.6. The van der Waals surface area contributed by atoms with Crippen molar-refractivity contribution in [3.05, 3.63) is 95.3 Å². The van der Waals surface area contributed by atoms with Crippen molar-refractivity contribution in [2.24, 2.45) is 10.7 Å². The van der Waals surface area contributed by atoms with Gasteiger partial charge in [0.1, 0.15) is 27.6 Å². The van der Waals surface area contributed by atoms with Crippen LogP contribution in [0.1, 0.15) is 35.0 Å². The van der Waals surface area contributed by atoms with Crippen molar-refractivity contribution in [1.82, 2.24) is 13.6 Å². The molecule has 41 heavy (non-hydrogen) atoms. The highest BCUT2D eigenvalue weighted by Gasteiger charge is 2.67. The highest BCUT2D eigenvalue weighted by molar-refractivity contribution is 7.91. The molecular weight excluding hydrogens is 576 g/mol. The van der Waals surface area contributed by atoms with E-state index in [0.29, 0.717) is 5.56 Å². The number of guanidine groups is 1. The van der Waals surface area contributed by atoms with Gasteiger partial charge in [0.25, 0.3) is 0 Å². The normalized spacial score (nSPS) is 24.4. The van der Waals surface area contributed by atoms with Gasteiger partial charge in [0.15, 0.2) is 5.78 Å². The number of rotatable bonds is 6. The average Bonchev–Trinajstić information content (AvgIpc) is 3.42. The topological polar surface area (TPSA) is 143 Å². The number of carbonyl (C=O) groups excluding carboxylic acids is 1. The van der Waals surface area contributed by atoms with Gasteiger partial charge in [-0.15, -0.1) is 0 Å². The molecule has 3 heterocycles. The van der Waals surface area contributed by atoms with Gasteiger partial charge in [-0.3, -0.25) is 9.78 Å². The molecular formula is C27H27F2N5O5S2. The predicted octanol–water partition coefficient (Wildman–Crippen LogP) is 2.42. The van der Waals surface area contributed by atoms with E-state index in [1.54, 1.807) is 18.2 Å². The summed E-state index contributed by atoms with van der Waals surface area (Å²) in [5.74, 6) is -2.27. The third-order valence-corrected chi connectivity index (χ3v) is 12.4. The first kappa shape index (κ1) is 28.8. The molecule has 0 saturated carbocycles. The largest absolute Gasteiger partial charge is 0.369 e. The zero-order chi connectivity index (χ0) is 29.8. The summed E-state index contributed by atoms with van der Waals surface area (Å²) in [6.07, 6.45) is 0.473. The van der Waals surface area contributed by atoms with Gasteiger partial charge >= 0.3 is 0 Å². The Morgan fingerprint density at radius 3 is 2.46 bits per heavy atom. The molecule has 1 saturated heterocycles. The lowest BCUT2D eigenvalue weighted by Crippen LogP contribution is -2.66. The number of hydrogen-bond donors (Lipinski definition) is 1. The summed E-state index contributed by atoms with van der Waals surface area (Å²) >= 11 is 0. The summed E-state index contributed by atoms with van der Waals surface area (Å²) in [5.41, 5.74) is 4.33. The number of nitrogens with zero attached hydrogens (tertiary/aromatic N) is 4. The summed E-state index contributed by atoms with van der Waals surface area (Å²) in [6.45, 7) is 0.742. The van der Waals surface area contributed by atoms with E-state index >= 15 is 4.39 Å². The SMILES string of the molecule is CN1C(N)=N[C@](C)(c2cc(CC(=O)c3ccc(F)cn3)ccc2F)[C@@]2(CCN(S(=O)(=O)c3ccccc3)C2)S1(=O)=O. The van der Waals surface area contributed by atoms with Crippen LogP contribution >= 0.6 is 0 Å². The molecule has 0 amide bonds. The molecule has 0 aliphatic carbocycles. The zero-order valence-corrected chi connectivity index (χ0v) is 23.8. The monoisotopic (exact) mass is 603 g/mol. The van der Waals surface area contributed by atoms with Crippen LogP contribution in [0.3, 0.4) is 0 Å². The van der Waals surface area contributed by atoms with Gasteiger partial charge in [0.2, 0.25) is 26.0 Å². The standard InChI is InChI=1S/C27H27F2N5O5S2/c1-26(21-14-18(8-10-22(21)29)15-24(35)23-11-9-19(28)16-31-23)27(41(38,39)33(2)25(30)32-26)12-13-34(17-27)40(36,37)20-6-4-3-5-7-20/h3-11,14,16H,12-13,15,17H2,1-2H3,(H2,30,32)/t26-,27+/m1/s1. The predicted molar refractivity (Wildman–Crippen MR) is 147 cm³/mol. The number of ketones is 1. The Balaban J connectivity index is 1.61. The molecule has 0 unspecified atom stereocenters. The smallest absolute Gasteiger partial charge is 0.247 e. The molecule has 1 aromatic heterocycles. The Bertz CT molecular complexity index is 1770. The number of carbonyl (C=O) groups is 1. The lowest BCUT2D eigenvalue weighted by Gasteiger charge is -2.48. The van der Waals surface area contributed by atoms with Gasteiger partial charge in [-0.05, 0) is 55.3 Å². The number of hydrogen-bond acceptors (Lipinski definition) is 8. The minimum Gasteiger partial charge on any atom is -0.369 e. The van der Waals surface area contributed by atoms with E-state index < -0.39 is 54.3 Å². The number of aromatic nitrogens is 1. The first-order chi connectivity index (χ1) is 19.2. The Morgan fingerprint density at radius 1 is 1.10 bits per heavy atom. The molecule has 0 bridgehead atoms. The molecule has 2 aliphatic rings. The number of aliphatic imine (C=N–C) groups is 1. The van der Waals surface area contributed by atoms with E-state index in [9.17, 15) is 26.0 Å². The number of halogens is 2. The third-order valence-electron chi connectivity index (χ3n) is 7.91. The number of pyridine rings is 1. The van der Waals surface area contributed by atoms with Crippen LogP contribution in [0.25, 0.3) is 0 Å². The molecule has 14 heteroatoms. The van der Waals surface area contributed by atoms with Crippen molar-refractivity contribution in [2.45, 2.75) is 34.9 Å². The summed E-state index contributed by atoms with van der Waals surface area (Å²) in [6, 6.07) is 13.7. The van der Waals surface area contributed by atoms with Gasteiger partial charge in [0, 0.05) is 32.1 Å². The van der Waals surface area contributed by atoms with E-state index in [-0.39, 0.29) is 41.5 Å². The average molecular weight is 604 g/mol. The van der Waals surface area contributed by atoms with Gasteiger partial charge in [0.05, 0.1) is 11.1 Å². The van der Waals surface area contributed by atoms with Crippen LogP contribution in [-0.4, -0.2) is 67.1 Å². The molecule has 1 fully saturated rings. The molecule has 5 rings (SSSR count). The van der Waals surface area contributed by atoms with Crippen molar-refractivity contribution in [1.29, 1.82) is 0 Å². The quantitative estimate of drug-likeness (QED) is 0.427. The number of sulfonamides is 2. The molecule has 2 aliphatic heterocycles. The van der Waals surface area contributed by atoms with E-state index in [2.05, 4.69) is 9.98 Å². The van der Waals surface area contributed by atoms with Crippen molar-refractivity contribution in [3.8, 4) is 0 Å². The van der Waals surface area contributed by atoms with Crippen LogP contribution in [-0.2, 0) is 32.0 Å². The Hall–Kier alpha value is -3.75. The third kappa shape index (κ3) is 4.50. The molecule has 2 aromatic carbocycles. The Labute approximate surface area is 236 Å². The summed E-state index contributed by atoms with van der Waals surface area (Å²) in [7, 11) is -7.27. The fourth-order valence-corrected chi connectivity index (χ4v) is 9.26. The molecule has 216 valence electrons. The van der Waals surface area contributed by atoms with E-state index in [4.69, 9.17) is 5.73 Å². The molecule has 0 radical (unpaired) electrons. The van der Waals surface area contributed by atoms with Crippen LogP contribution in [0.2, 0.25) is 0 Å². The number of benzene rings is 2. The first-order valence-electron chi connectivity index (χ1n) is 12.6. The van der Waals surface area contributed by atoms with Crippen molar-refractivity contribution in [2.75, 3.05) is 20.1 Å². The summed E-state index contributed by atoms with van der Waals surface area (Å²) in [5, 5.41) is 0. The van der Waals surface area contributed by atoms with Crippen molar-refractivity contribution in [3.63, 3.8) is 0 Å². The number of nitrogens with two attached hydrogens (primary N) is 1. The lowest BCUT2D eigenvalue weighted by molar-refractivity contribution is 0.0988. The maximum Gasteiger partial charge on any atom is 0.247 e. The molecule has 2 N–H and O–H groups in total. The fraction of sp³-hybridized carbons (Fsp3) is 0.296. The van der Waals surface area contributed by atoms with Gasteiger partial charge in [-0.25, -0.2) is 34.9 Å². The minimum absolute atomic E-state index is 0.00152. The van der Waals surface area contributed by atoms with Gasteiger partial charge in [-0.1, -0.05) is 24.3 Å². The van der Waals surface area contributed by atoms with Crippen LogP contribution in [0.4, 0.5) is 8.78 Å². The summed E-state index contributed by atoms with van der Waals surface area (Å²) in [4.78, 5) is 21.1. The lowest BCUT2D eigenvalue weighted by atomic mass is 9.77. The Kier molecular flexibility index (Phi) is 6.99. The minimum atomic E-state index is -4.39. The molecule has 10 nitrogen and oxygen atoms in total. The van der Waals surface area contributed by atoms with Crippen LogP contribution in [0.5, 0.6) is 0 Å². The molecule has 3 aromatic rings. The first-order valence-corrected chi connectivity index (χ1v) is 15.4. The number of Topliss-reactive ketones (excluding diaryl/α,β-unsaturated/α-hetero) is 1. The molecule has 1 spiro atoms.